The zero-order valence-electron chi connectivity index (χ0n) is 20.4. The van der Waals surface area contributed by atoms with Crippen LogP contribution in [0, 0.1) is 13.8 Å². The average molecular weight is 490 g/mol. The molecule has 1 unspecified atom stereocenters. The molecular weight excluding hydrogens is 458 g/mol. The van der Waals surface area contributed by atoms with Crippen LogP contribution in [0.25, 0.3) is 10.2 Å². The van der Waals surface area contributed by atoms with Gasteiger partial charge in [-0.1, -0.05) is 55.0 Å². The second-order valence-corrected chi connectivity index (χ2v) is 9.48. The number of aryl methyl sites for hydroxylation is 2. The number of rotatable bonds is 9. The van der Waals surface area contributed by atoms with E-state index in [0.29, 0.717) is 59.8 Å². The summed E-state index contributed by atoms with van der Waals surface area (Å²) in [6, 6.07) is 17.0. The molecule has 0 aliphatic carbocycles. The SMILES string of the molecule is CCC(c1nc2snc(C)c2c(=O)n1Cc1ccccc1)N(CCCN)C(=O)c1ccc(C)cc1. The molecule has 182 valence electrons. The van der Waals surface area contributed by atoms with E-state index in [1.807, 2.05) is 80.3 Å². The van der Waals surface area contributed by atoms with Crippen molar-refractivity contribution in [2.24, 2.45) is 5.73 Å². The van der Waals surface area contributed by atoms with E-state index in [9.17, 15) is 9.59 Å². The Morgan fingerprint density at radius 1 is 1.11 bits per heavy atom. The van der Waals surface area contributed by atoms with Crippen molar-refractivity contribution in [2.45, 2.75) is 46.2 Å². The molecular formula is C27H31N5O2S. The third-order valence-corrected chi connectivity index (χ3v) is 7.04. The zero-order chi connectivity index (χ0) is 24.9. The largest absolute Gasteiger partial charge is 0.330 e. The van der Waals surface area contributed by atoms with Gasteiger partial charge in [0.2, 0.25) is 0 Å². The van der Waals surface area contributed by atoms with E-state index in [0.717, 1.165) is 11.1 Å². The summed E-state index contributed by atoms with van der Waals surface area (Å²) in [5, 5.41) is 0.544. The molecule has 2 aromatic heterocycles. The minimum absolute atomic E-state index is 0.0913. The number of hydrogen-bond acceptors (Lipinski definition) is 6. The van der Waals surface area contributed by atoms with E-state index in [1.54, 1.807) is 4.57 Å². The van der Waals surface area contributed by atoms with Gasteiger partial charge in [-0.05, 0) is 62.5 Å². The zero-order valence-corrected chi connectivity index (χ0v) is 21.2. The molecule has 4 rings (SSSR count). The lowest BCUT2D eigenvalue weighted by Gasteiger charge is -2.32. The van der Waals surface area contributed by atoms with E-state index in [-0.39, 0.29) is 11.5 Å². The maximum Gasteiger partial charge on any atom is 0.264 e. The Morgan fingerprint density at radius 2 is 1.83 bits per heavy atom. The van der Waals surface area contributed by atoms with Crippen molar-refractivity contribution >= 4 is 27.7 Å². The lowest BCUT2D eigenvalue weighted by Crippen LogP contribution is -2.40. The molecule has 0 saturated heterocycles. The van der Waals surface area contributed by atoms with Gasteiger partial charge >= 0.3 is 0 Å². The summed E-state index contributed by atoms with van der Waals surface area (Å²) in [6.45, 7) is 7.15. The number of hydrogen-bond donors (Lipinski definition) is 1. The lowest BCUT2D eigenvalue weighted by atomic mass is 10.1. The fourth-order valence-corrected chi connectivity index (χ4v) is 5.10. The van der Waals surface area contributed by atoms with Crippen LogP contribution >= 0.6 is 11.5 Å². The molecule has 0 aliphatic heterocycles. The van der Waals surface area contributed by atoms with Gasteiger partial charge in [0.1, 0.15) is 5.82 Å². The topological polar surface area (TPSA) is 94.1 Å². The van der Waals surface area contributed by atoms with Gasteiger partial charge in [-0.2, -0.15) is 4.37 Å². The molecule has 8 heteroatoms. The fourth-order valence-electron chi connectivity index (χ4n) is 4.32. The third-order valence-electron chi connectivity index (χ3n) is 6.20. The summed E-state index contributed by atoms with van der Waals surface area (Å²) in [5.74, 6) is 0.487. The number of amides is 1. The van der Waals surface area contributed by atoms with Gasteiger partial charge < -0.3 is 10.6 Å². The van der Waals surface area contributed by atoms with Crippen molar-refractivity contribution < 1.29 is 4.79 Å². The lowest BCUT2D eigenvalue weighted by molar-refractivity contribution is 0.0656. The first-order valence-corrected chi connectivity index (χ1v) is 12.7. The molecule has 0 fully saturated rings. The monoisotopic (exact) mass is 489 g/mol. The first kappa shape index (κ1) is 24.8. The minimum atomic E-state index is -0.390. The molecule has 0 saturated carbocycles. The average Bonchev–Trinajstić information content (AvgIpc) is 3.25. The maximum absolute atomic E-state index is 13.7. The van der Waals surface area contributed by atoms with Crippen molar-refractivity contribution in [3.8, 4) is 0 Å². The molecule has 0 bridgehead atoms. The molecule has 0 aliphatic rings. The van der Waals surface area contributed by atoms with Crippen molar-refractivity contribution in [1.82, 2.24) is 18.8 Å². The smallest absolute Gasteiger partial charge is 0.264 e. The number of nitrogens with two attached hydrogens (primary N) is 1. The molecule has 7 nitrogen and oxygen atoms in total. The van der Waals surface area contributed by atoms with Crippen LogP contribution in [-0.4, -0.2) is 37.8 Å². The van der Waals surface area contributed by atoms with Gasteiger partial charge in [-0.3, -0.25) is 14.2 Å². The highest BCUT2D eigenvalue weighted by Gasteiger charge is 2.29. The van der Waals surface area contributed by atoms with Crippen molar-refractivity contribution in [3.63, 3.8) is 0 Å². The van der Waals surface area contributed by atoms with Crippen molar-refractivity contribution in [1.29, 1.82) is 0 Å². The Morgan fingerprint density at radius 3 is 2.49 bits per heavy atom. The number of nitrogens with zero attached hydrogens (tertiary/aromatic N) is 4. The molecule has 35 heavy (non-hydrogen) atoms. The molecule has 1 amide bonds. The normalized spacial score (nSPS) is 12.1. The summed E-state index contributed by atoms with van der Waals surface area (Å²) < 4.78 is 6.10. The van der Waals surface area contributed by atoms with Crippen LogP contribution in [0.2, 0.25) is 0 Å². The molecule has 2 N–H and O–H groups in total. The molecule has 2 heterocycles. The van der Waals surface area contributed by atoms with Crippen LogP contribution in [-0.2, 0) is 6.54 Å². The van der Waals surface area contributed by atoms with Gasteiger partial charge in [0.05, 0.1) is 23.7 Å². The van der Waals surface area contributed by atoms with E-state index in [2.05, 4.69) is 4.37 Å². The number of fused-ring (bicyclic) bond motifs is 1. The Balaban J connectivity index is 1.86. The third kappa shape index (κ3) is 5.18. The second-order valence-electron chi connectivity index (χ2n) is 8.73. The number of carbonyl (C=O) groups excluding carboxylic acids is 1. The van der Waals surface area contributed by atoms with Crippen LogP contribution in [0.1, 0.15) is 58.8 Å². The Kier molecular flexibility index (Phi) is 7.73. The Bertz CT molecular complexity index is 1360. The number of carbonyl (C=O) groups is 1. The van der Waals surface area contributed by atoms with E-state index < -0.39 is 6.04 Å². The minimum Gasteiger partial charge on any atom is -0.330 e. The predicted molar refractivity (Wildman–Crippen MR) is 141 cm³/mol. The van der Waals surface area contributed by atoms with Gasteiger partial charge in [0, 0.05) is 12.1 Å². The van der Waals surface area contributed by atoms with Crippen LogP contribution in [0.5, 0.6) is 0 Å². The summed E-state index contributed by atoms with van der Waals surface area (Å²) in [6.07, 6.45) is 1.26. The summed E-state index contributed by atoms with van der Waals surface area (Å²) in [5.41, 5.74) is 9.08. The van der Waals surface area contributed by atoms with E-state index >= 15 is 0 Å². The number of aromatic nitrogens is 3. The van der Waals surface area contributed by atoms with Crippen molar-refractivity contribution in [3.05, 3.63) is 93.2 Å². The van der Waals surface area contributed by atoms with Crippen LogP contribution in [0.15, 0.2) is 59.4 Å². The highest BCUT2D eigenvalue weighted by Crippen LogP contribution is 2.28. The Hall–Kier alpha value is -3.36. The molecule has 1 atom stereocenters. The molecule has 0 radical (unpaired) electrons. The van der Waals surface area contributed by atoms with E-state index in [1.165, 1.54) is 11.5 Å². The van der Waals surface area contributed by atoms with Gasteiger partial charge in [-0.15, -0.1) is 0 Å². The summed E-state index contributed by atoms with van der Waals surface area (Å²) in [4.78, 5) is 34.8. The van der Waals surface area contributed by atoms with Crippen LogP contribution in [0.3, 0.4) is 0 Å². The first-order valence-electron chi connectivity index (χ1n) is 11.9. The standard InChI is InChI=1S/C27H31N5O2S/c1-4-22(31(16-8-15-28)26(33)21-13-11-18(2)12-14-21)24-29-25-23(19(3)30-35-25)27(34)32(24)17-20-9-6-5-7-10-20/h5-7,9-14,22H,4,8,15-17,28H2,1-3H3. The highest BCUT2D eigenvalue weighted by molar-refractivity contribution is 7.12. The molecule has 4 aromatic rings. The highest BCUT2D eigenvalue weighted by atomic mass is 32.1. The van der Waals surface area contributed by atoms with Gasteiger partial charge in [-0.25, -0.2) is 4.98 Å². The quantitative estimate of drug-likeness (QED) is 0.375. The Labute approximate surface area is 209 Å². The molecule has 0 spiro atoms. The van der Waals surface area contributed by atoms with Crippen LogP contribution < -0.4 is 11.3 Å². The predicted octanol–water partition coefficient (Wildman–Crippen LogP) is 4.46. The number of benzene rings is 2. The second kappa shape index (κ2) is 10.9. The first-order chi connectivity index (χ1) is 16.9. The van der Waals surface area contributed by atoms with Crippen LogP contribution in [0.4, 0.5) is 0 Å². The van der Waals surface area contributed by atoms with Gasteiger partial charge in [0.25, 0.3) is 11.5 Å². The van der Waals surface area contributed by atoms with Crippen molar-refractivity contribution in [2.75, 3.05) is 13.1 Å². The molecule has 2 aromatic carbocycles. The maximum atomic E-state index is 13.7. The van der Waals surface area contributed by atoms with Gasteiger partial charge in [0.15, 0.2) is 4.83 Å². The van der Waals surface area contributed by atoms with E-state index in [4.69, 9.17) is 10.7 Å². The summed E-state index contributed by atoms with van der Waals surface area (Å²) in [7, 11) is 0. The summed E-state index contributed by atoms with van der Waals surface area (Å²) >= 11 is 1.22. The fraction of sp³-hybridized carbons (Fsp3) is 0.333.